The summed E-state index contributed by atoms with van der Waals surface area (Å²) < 4.78 is 0. The van der Waals surface area contributed by atoms with E-state index in [1.165, 1.54) is 5.56 Å². The Morgan fingerprint density at radius 3 is 2.88 bits per heavy atom. The molecule has 1 aliphatic rings. The number of rotatable bonds is 4. The summed E-state index contributed by atoms with van der Waals surface area (Å²) in [6.45, 7) is 5.02. The minimum Gasteiger partial charge on any atom is -0.392 e. The van der Waals surface area contributed by atoms with Crippen LogP contribution in [0.3, 0.4) is 0 Å². The predicted octanol–water partition coefficient (Wildman–Crippen LogP) is 2.55. The van der Waals surface area contributed by atoms with Crippen molar-refractivity contribution >= 4 is 11.8 Å². The van der Waals surface area contributed by atoms with Crippen molar-refractivity contribution in [2.45, 2.75) is 24.7 Å². The number of aliphatic hydroxyl groups excluding tert-OH is 1. The first-order chi connectivity index (χ1) is 8.29. The molecular formula is C14H21NOS. The summed E-state index contributed by atoms with van der Waals surface area (Å²) in [5.41, 5.74) is 1.41. The number of hydrogen-bond donors (Lipinski definition) is 1. The lowest BCUT2D eigenvalue weighted by molar-refractivity contribution is 0.111. The van der Waals surface area contributed by atoms with Crippen LogP contribution < -0.4 is 0 Å². The number of β-amino-alcohol motifs (C(OH)–C–C–N with tert-alkyl or cyclic N) is 1. The lowest BCUT2D eigenvalue weighted by Crippen LogP contribution is -2.39. The molecule has 0 bridgehead atoms. The SMILES string of the molecule is CC[C@@H](O)CN1CCS[C@@H](c2ccccc2)C1. The third-order valence-electron chi connectivity index (χ3n) is 3.26. The molecule has 0 spiro atoms. The van der Waals surface area contributed by atoms with Gasteiger partial charge in [-0.3, -0.25) is 4.90 Å². The van der Waals surface area contributed by atoms with E-state index in [4.69, 9.17) is 0 Å². The molecule has 0 radical (unpaired) electrons. The van der Waals surface area contributed by atoms with Crippen molar-refractivity contribution in [3.63, 3.8) is 0 Å². The van der Waals surface area contributed by atoms with Gasteiger partial charge in [-0.1, -0.05) is 37.3 Å². The summed E-state index contributed by atoms with van der Waals surface area (Å²) in [5, 5.41) is 10.3. The van der Waals surface area contributed by atoms with E-state index in [-0.39, 0.29) is 6.10 Å². The summed E-state index contributed by atoms with van der Waals surface area (Å²) in [6, 6.07) is 10.7. The highest BCUT2D eigenvalue weighted by Gasteiger charge is 2.22. The Balaban J connectivity index is 1.93. The quantitative estimate of drug-likeness (QED) is 0.889. The van der Waals surface area contributed by atoms with Crippen LogP contribution in [-0.2, 0) is 0 Å². The molecule has 2 rings (SSSR count). The zero-order chi connectivity index (χ0) is 12.1. The second-order valence-electron chi connectivity index (χ2n) is 4.59. The third kappa shape index (κ3) is 3.73. The number of thioether (sulfide) groups is 1. The van der Waals surface area contributed by atoms with Crippen LogP contribution in [0, 0.1) is 0 Å². The molecule has 1 fully saturated rings. The second kappa shape index (κ2) is 6.43. The fourth-order valence-electron chi connectivity index (χ4n) is 2.16. The summed E-state index contributed by atoms with van der Waals surface area (Å²) >= 11 is 2.03. The first-order valence-electron chi connectivity index (χ1n) is 6.36. The Morgan fingerprint density at radius 2 is 2.18 bits per heavy atom. The lowest BCUT2D eigenvalue weighted by Gasteiger charge is -2.33. The van der Waals surface area contributed by atoms with Crippen molar-refractivity contribution in [1.82, 2.24) is 4.90 Å². The highest BCUT2D eigenvalue weighted by molar-refractivity contribution is 7.99. The Morgan fingerprint density at radius 1 is 1.41 bits per heavy atom. The van der Waals surface area contributed by atoms with Crippen molar-refractivity contribution in [2.24, 2.45) is 0 Å². The zero-order valence-electron chi connectivity index (χ0n) is 10.4. The highest BCUT2D eigenvalue weighted by Crippen LogP contribution is 2.32. The molecule has 1 heterocycles. The van der Waals surface area contributed by atoms with Gasteiger partial charge in [0.25, 0.3) is 0 Å². The van der Waals surface area contributed by atoms with Crippen molar-refractivity contribution in [2.75, 3.05) is 25.4 Å². The van der Waals surface area contributed by atoms with E-state index in [1.807, 2.05) is 18.7 Å². The van der Waals surface area contributed by atoms with E-state index in [2.05, 4.69) is 35.2 Å². The first kappa shape index (κ1) is 12.9. The molecule has 0 aliphatic carbocycles. The first-order valence-corrected chi connectivity index (χ1v) is 7.41. The Kier molecular flexibility index (Phi) is 4.89. The Labute approximate surface area is 108 Å². The molecular weight excluding hydrogens is 230 g/mol. The molecule has 0 aromatic heterocycles. The van der Waals surface area contributed by atoms with Gasteiger partial charge in [-0.05, 0) is 12.0 Å². The molecule has 94 valence electrons. The van der Waals surface area contributed by atoms with Crippen molar-refractivity contribution < 1.29 is 5.11 Å². The molecule has 17 heavy (non-hydrogen) atoms. The highest BCUT2D eigenvalue weighted by atomic mass is 32.2. The standard InChI is InChI=1S/C14H21NOS/c1-2-13(16)10-15-8-9-17-14(11-15)12-6-4-3-5-7-12/h3-7,13-14,16H,2,8-11H2,1H3/t13-,14-/m1/s1. The molecule has 1 saturated heterocycles. The molecule has 0 unspecified atom stereocenters. The van der Waals surface area contributed by atoms with Gasteiger partial charge in [0.1, 0.15) is 0 Å². The molecule has 1 aromatic carbocycles. The van der Waals surface area contributed by atoms with Crippen LogP contribution in [0.25, 0.3) is 0 Å². The largest absolute Gasteiger partial charge is 0.392 e. The Hall–Kier alpha value is -0.510. The second-order valence-corrected chi connectivity index (χ2v) is 5.90. The third-order valence-corrected chi connectivity index (χ3v) is 4.50. The molecule has 0 amide bonds. The minimum atomic E-state index is -0.172. The fourth-order valence-corrected chi connectivity index (χ4v) is 3.48. The van der Waals surface area contributed by atoms with Gasteiger partial charge >= 0.3 is 0 Å². The molecule has 1 aromatic rings. The Bertz CT molecular complexity index is 330. The minimum absolute atomic E-state index is 0.172. The van der Waals surface area contributed by atoms with E-state index in [0.29, 0.717) is 5.25 Å². The maximum absolute atomic E-state index is 9.72. The fraction of sp³-hybridized carbons (Fsp3) is 0.571. The normalized spacial score (nSPS) is 23.5. The molecule has 2 nitrogen and oxygen atoms in total. The van der Waals surface area contributed by atoms with Gasteiger partial charge in [-0.2, -0.15) is 11.8 Å². The smallest absolute Gasteiger partial charge is 0.0664 e. The van der Waals surface area contributed by atoms with Gasteiger partial charge in [-0.25, -0.2) is 0 Å². The number of benzene rings is 1. The van der Waals surface area contributed by atoms with Crippen molar-refractivity contribution in [3.05, 3.63) is 35.9 Å². The van der Waals surface area contributed by atoms with Crippen LogP contribution in [0.5, 0.6) is 0 Å². The number of hydrogen-bond acceptors (Lipinski definition) is 3. The maximum atomic E-state index is 9.72. The summed E-state index contributed by atoms with van der Waals surface area (Å²) in [7, 11) is 0. The predicted molar refractivity (Wildman–Crippen MR) is 74.4 cm³/mol. The van der Waals surface area contributed by atoms with Crippen LogP contribution in [0.1, 0.15) is 24.2 Å². The van der Waals surface area contributed by atoms with Crippen LogP contribution >= 0.6 is 11.8 Å². The van der Waals surface area contributed by atoms with Gasteiger partial charge in [0, 0.05) is 30.6 Å². The molecule has 3 heteroatoms. The van der Waals surface area contributed by atoms with E-state index in [0.717, 1.165) is 31.8 Å². The van der Waals surface area contributed by atoms with Gasteiger partial charge in [0.2, 0.25) is 0 Å². The lowest BCUT2D eigenvalue weighted by atomic mass is 10.1. The monoisotopic (exact) mass is 251 g/mol. The van der Waals surface area contributed by atoms with Crippen molar-refractivity contribution in [3.8, 4) is 0 Å². The topological polar surface area (TPSA) is 23.5 Å². The molecule has 0 saturated carbocycles. The van der Waals surface area contributed by atoms with Gasteiger partial charge in [-0.15, -0.1) is 0 Å². The van der Waals surface area contributed by atoms with Crippen LogP contribution in [0.15, 0.2) is 30.3 Å². The van der Waals surface area contributed by atoms with Gasteiger partial charge < -0.3 is 5.11 Å². The number of aliphatic hydroxyl groups is 1. The summed E-state index contributed by atoms with van der Waals surface area (Å²) in [6.07, 6.45) is 0.675. The van der Waals surface area contributed by atoms with Gasteiger partial charge in [0.15, 0.2) is 0 Å². The van der Waals surface area contributed by atoms with Crippen LogP contribution in [0.2, 0.25) is 0 Å². The van der Waals surface area contributed by atoms with Gasteiger partial charge in [0.05, 0.1) is 6.10 Å². The average Bonchev–Trinajstić information content (AvgIpc) is 2.40. The molecule has 1 N–H and O–H groups in total. The van der Waals surface area contributed by atoms with E-state index in [1.54, 1.807) is 0 Å². The molecule has 2 atom stereocenters. The zero-order valence-corrected chi connectivity index (χ0v) is 11.2. The van der Waals surface area contributed by atoms with E-state index in [9.17, 15) is 5.11 Å². The van der Waals surface area contributed by atoms with Crippen LogP contribution in [-0.4, -0.2) is 41.5 Å². The average molecular weight is 251 g/mol. The van der Waals surface area contributed by atoms with Crippen LogP contribution in [0.4, 0.5) is 0 Å². The molecule has 1 aliphatic heterocycles. The van der Waals surface area contributed by atoms with E-state index < -0.39 is 0 Å². The maximum Gasteiger partial charge on any atom is 0.0664 e. The van der Waals surface area contributed by atoms with Crippen molar-refractivity contribution in [1.29, 1.82) is 0 Å². The van der Waals surface area contributed by atoms with E-state index >= 15 is 0 Å². The summed E-state index contributed by atoms with van der Waals surface area (Å²) in [4.78, 5) is 2.39. The number of nitrogens with zero attached hydrogens (tertiary/aromatic N) is 1. The summed E-state index contributed by atoms with van der Waals surface area (Å²) in [5.74, 6) is 1.16.